The van der Waals surface area contributed by atoms with Gasteiger partial charge in [-0.2, -0.15) is 0 Å². The van der Waals surface area contributed by atoms with Crippen LogP contribution >= 0.6 is 23.2 Å². The average molecular weight is 255 g/mol. The van der Waals surface area contributed by atoms with Gasteiger partial charge in [0.25, 0.3) is 0 Å². The third-order valence-corrected chi connectivity index (χ3v) is 3.36. The Morgan fingerprint density at radius 3 is 2.33 bits per heavy atom. The van der Waals surface area contributed by atoms with Crippen LogP contribution in [0.2, 0.25) is 0 Å². The summed E-state index contributed by atoms with van der Waals surface area (Å²) in [4.78, 5) is -0.598. The Morgan fingerprint density at radius 1 is 1.13 bits per heavy atom. The van der Waals surface area contributed by atoms with Crippen LogP contribution < -0.4 is 0 Å². The summed E-state index contributed by atoms with van der Waals surface area (Å²) < 4.78 is 11.2. The highest BCUT2D eigenvalue weighted by Gasteiger charge is 2.40. The van der Waals surface area contributed by atoms with Gasteiger partial charge in [-0.25, -0.2) is 0 Å². The Morgan fingerprint density at radius 2 is 1.80 bits per heavy atom. The van der Waals surface area contributed by atoms with Gasteiger partial charge in [0.1, 0.15) is 0 Å². The summed E-state index contributed by atoms with van der Waals surface area (Å²) in [5.41, 5.74) is 0. The summed E-state index contributed by atoms with van der Waals surface area (Å²) in [6.45, 7) is 3.59. The number of hydrogen-bond donors (Lipinski definition) is 0. The Hall–Kier alpha value is 0.500. The first-order valence-corrected chi connectivity index (χ1v) is 6.64. The quantitative estimate of drug-likeness (QED) is 0.529. The first-order chi connectivity index (χ1) is 7.21. The predicted molar refractivity (Wildman–Crippen MR) is 63.5 cm³/mol. The Bertz CT molecular complexity index is 168. The van der Waals surface area contributed by atoms with Crippen molar-refractivity contribution in [1.29, 1.82) is 0 Å². The van der Waals surface area contributed by atoms with Gasteiger partial charge >= 0.3 is 0 Å². The number of unbranched alkanes of at least 4 members (excludes halogenated alkanes) is 3. The first-order valence-electron chi connectivity index (χ1n) is 5.77. The Labute approximate surface area is 102 Å². The van der Waals surface area contributed by atoms with Crippen molar-refractivity contribution < 1.29 is 9.47 Å². The van der Waals surface area contributed by atoms with Crippen molar-refractivity contribution in [2.45, 2.75) is 56.1 Å². The highest BCUT2D eigenvalue weighted by Crippen LogP contribution is 2.34. The molecule has 1 aliphatic heterocycles. The maximum Gasteiger partial charge on any atom is 0.198 e. The maximum absolute atomic E-state index is 5.94. The molecule has 1 heterocycles. The molecule has 0 spiro atoms. The molecule has 1 saturated heterocycles. The van der Waals surface area contributed by atoms with E-state index in [-0.39, 0.29) is 0 Å². The second-order valence-corrected chi connectivity index (χ2v) is 5.07. The zero-order chi connectivity index (χ0) is 11.1. The SMILES string of the molecule is CCCCCCC1(C(Cl)Cl)OCCCO1. The molecular formula is C11H20Cl2O2. The molecule has 0 bridgehead atoms. The van der Waals surface area contributed by atoms with E-state index in [0.29, 0.717) is 13.2 Å². The van der Waals surface area contributed by atoms with Gasteiger partial charge in [-0.3, -0.25) is 0 Å². The van der Waals surface area contributed by atoms with Crippen LogP contribution in [0.4, 0.5) is 0 Å². The lowest BCUT2D eigenvalue weighted by Crippen LogP contribution is -2.46. The monoisotopic (exact) mass is 254 g/mol. The largest absolute Gasteiger partial charge is 0.347 e. The van der Waals surface area contributed by atoms with Crippen molar-refractivity contribution in [1.82, 2.24) is 0 Å². The van der Waals surface area contributed by atoms with Crippen LogP contribution in [0.5, 0.6) is 0 Å². The minimum atomic E-state index is -0.741. The van der Waals surface area contributed by atoms with Crippen LogP contribution in [0.25, 0.3) is 0 Å². The van der Waals surface area contributed by atoms with Crippen molar-refractivity contribution in [2.24, 2.45) is 0 Å². The first kappa shape index (κ1) is 13.6. The normalized spacial score (nSPS) is 20.8. The van der Waals surface area contributed by atoms with Gasteiger partial charge in [-0.15, -0.1) is 0 Å². The molecule has 0 saturated carbocycles. The highest BCUT2D eigenvalue weighted by molar-refractivity contribution is 6.45. The predicted octanol–water partition coefficient (Wildman–Crippen LogP) is 3.89. The van der Waals surface area contributed by atoms with E-state index < -0.39 is 10.6 Å². The fraction of sp³-hybridized carbons (Fsp3) is 1.00. The van der Waals surface area contributed by atoms with Gasteiger partial charge in [0, 0.05) is 6.42 Å². The molecular weight excluding hydrogens is 235 g/mol. The molecule has 15 heavy (non-hydrogen) atoms. The van der Waals surface area contributed by atoms with Crippen LogP contribution in [0.15, 0.2) is 0 Å². The lowest BCUT2D eigenvalue weighted by molar-refractivity contribution is -0.262. The van der Waals surface area contributed by atoms with E-state index in [0.717, 1.165) is 19.3 Å². The molecule has 4 heteroatoms. The number of ether oxygens (including phenoxy) is 2. The second kappa shape index (κ2) is 6.95. The van der Waals surface area contributed by atoms with Crippen molar-refractivity contribution >= 4 is 23.2 Å². The second-order valence-electron chi connectivity index (χ2n) is 3.97. The van der Waals surface area contributed by atoms with Crippen molar-refractivity contribution in [3.63, 3.8) is 0 Å². The molecule has 0 amide bonds. The topological polar surface area (TPSA) is 18.5 Å². The van der Waals surface area contributed by atoms with Gasteiger partial charge < -0.3 is 9.47 Å². The van der Waals surface area contributed by atoms with E-state index in [4.69, 9.17) is 32.7 Å². The van der Waals surface area contributed by atoms with Gasteiger partial charge in [-0.05, 0) is 12.8 Å². The van der Waals surface area contributed by atoms with E-state index in [1.54, 1.807) is 0 Å². The molecule has 1 aliphatic rings. The summed E-state index contributed by atoms with van der Waals surface area (Å²) in [5, 5.41) is 0. The van der Waals surface area contributed by atoms with Crippen LogP contribution in [0, 0.1) is 0 Å². The molecule has 2 nitrogen and oxygen atoms in total. The van der Waals surface area contributed by atoms with Crippen LogP contribution in [-0.4, -0.2) is 23.8 Å². The standard InChI is InChI=1S/C11H20Cl2O2/c1-2-3-4-5-7-11(10(12)13)14-8-6-9-15-11/h10H,2-9H2,1H3. The number of rotatable bonds is 6. The molecule has 1 rings (SSSR count). The van der Waals surface area contributed by atoms with Gasteiger partial charge in [0.15, 0.2) is 10.6 Å². The lowest BCUT2D eigenvalue weighted by atomic mass is 10.1. The van der Waals surface area contributed by atoms with Crippen LogP contribution in [0.3, 0.4) is 0 Å². The van der Waals surface area contributed by atoms with Gasteiger partial charge in [-0.1, -0.05) is 49.4 Å². The molecule has 0 aromatic carbocycles. The minimum absolute atomic E-state index is 0.598. The smallest absolute Gasteiger partial charge is 0.198 e. The fourth-order valence-corrected chi connectivity index (χ4v) is 2.24. The number of hydrogen-bond acceptors (Lipinski definition) is 2. The molecule has 0 aromatic rings. The zero-order valence-corrected chi connectivity index (χ0v) is 10.8. The molecule has 0 N–H and O–H groups in total. The molecule has 0 aliphatic carbocycles. The molecule has 0 radical (unpaired) electrons. The third kappa shape index (κ3) is 4.10. The van der Waals surface area contributed by atoms with Crippen molar-refractivity contribution in [3.8, 4) is 0 Å². The van der Waals surface area contributed by atoms with Crippen LogP contribution in [0.1, 0.15) is 45.4 Å². The van der Waals surface area contributed by atoms with Crippen molar-refractivity contribution in [2.75, 3.05) is 13.2 Å². The fourth-order valence-electron chi connectivity index (χ4n) is 1.77. The zero-order valence-electron chi connectivity index (χ0n) is 9.31. The molecule has 1 fully saturated rings. The summed E-state index contributed by atoms with van der Waals surface area (Å²) in [6.07, 6.45) is 6.43. The van der Waals surface area contributed by atoms with E-state index in [9.17, 15) is 0 Å². The Kier molecular flexibility index (Phi) is 6.28. The van der Waals surface area contributed by atoms with Gasteiger partial charge in [0.2, 0.25) is 0 Å². The molecule has 0 aromatic heterocycles. The molecule has 0 atom stereocenters. The summed E-state index contributed by atoms with van der Waals surface area (Å²) in [5.74, 6) is -0.741. The van der Waals surface area contributed by atoms with E-state index >= 15 is 0 Å². The lowest BCUT2D eigenvalue weighted by Gasteiger charge is -2.38. The summed E-state index contributed by atoms with van der Waals surface area (Å²) in [7, 11) is 0. The number of halogens is 2. The van der Waals surface area contributed by atoms with E-state index in [1.807, 2.05) is 0 Å². The summed E-state index contributed by atoms with van der Waals surface area (Å²) in [6, 6.07) is 0. The third-order valence-electron chi connectivity index (χ3n) is 2.69. The maximum atomic E-state index is 5.94. The minimum Gasteiger partial charge on any atom is -0.347 e. The van der Waals surface area contributed by atoms with Crippen molar-refractivity contribution in [3.05, 3.63) is 0 Å². The van der Waals surface area contributed by atoms with Gasteiger partial charge in [0.05, 0.1) is 13.2 Å². The van der Waals surface area contributed by atoms with E-state index in [1.165, 1.54) is 19.3 Å². The summed E-state index contributed by atoms with van der Waals surface area (Å²) >= 11 is 11.9. The average Bonchev–Trinajstić information content (AvgIpc) is 2.26. The Balaban J connectivity index is 2.35. The molecule has 90 valence electrons. The van der Waals surface area contributed by atoms with Crippen LogP contribution in [-0.2, 0) is 9.47 Å². The highest BCUT2D eigenvalue weighted by atomic mass is 35.5. The number of alkyl halides is 2. The molecule has 0 unspecified atom stereocenters. The van der Waals surface area contributed by atoms with E-state index in [2.05, 4.69) is 6.92 Å².